The Morgan fingerprint density at radius 3 is 1.14 bits per heavy atom. The number of hydrogen-bond acceptors (Lipinski definition) is 4. The second-order valence-electron chi connectivity index (χ2n) is 11.5. The van der Waals surface area contributed by atoms with Gasteiger partial charge in [0.05, 0.1) is 50.6 Å². The molecule has 2 aromatic heterocycles. The van der Waals surface area contributed by atoms with Crippen molar-refractivity contribution < 1.29 is 18.9 Å². The molecule has 218 valence electrons. The Morgan fingerprint density at radius 2 is 0.857 bits per heavy atom. The summed E-state index contributed by atoms with van der Waals surface area (Å²) < 4.78 is 29.2. The van der Waals surface area contributed by atoms with Crippen LogP contribution in [0.25, 0.3) is 44.1 Å². The highest BCUT2D eigenvalue weighted by Crippen LogP contribution is 2.59. The van der Waals surface area contributed by atoms with Crippen molar-refractivity contribution in [1.29, 1.82) is 0 Å². The fraction of sp³-hybridized carbons (Fsp3) is 0.278. The standard InChI is InChI=1S/C36H40N2O4/c1-11-35(3,4)37-21-25(23-17-13-15-19-27(23)37)29-31(39-7)33(41-9)30(34(42-10)32(29)40-8)26-22-38(36(5,6)12-2)28-20-16-14-18-24(26)28/h11-22H,1-2H2,3-10H3. The van der Waals surface area contributed by atoms with Gasteiger partial charge >= 0.3 is 0 Å². The van der Waals surface area contributed by atoms with Crippen LogP contribution in [-0.2, 0) is 11.1 Å². The Morgan fingerprint density at radius 1 is 0.548 bits per heavy atom. The first-order valence-electron chi connectivity index (χ1n) is 14.0. The first-order chi connectivity index (χ1) is 20.1. The van der Waals surface area contributed by atoms with Crippen LogP contribution in [0.3, 0.4) is 0 Å². The maximum absolute atomic E-state index is 6.19. The van der Waals surface area contributed by atoms with Crippen LogP contribution in [0, 0.1) is 0 Å². The number of fused-ring (bicyclic) bond motifs is 2. The van der Waals surface area contributed by atoms with E-state index >= 15 is 0 Å². The van der Waals surface area contributed by atoms with Crippen LogP contribution in [0.15, 0.2) is 86.2 Å². The van der Waals surface area contributed by atoms with Crippen molar-refractivity contribution in [1.82, 2.24) is 9.13 Å². The number of ether oxygens (including phenoxy) is 4. The third kappa shape index (κ3) is 4.25. The Balaban J connectivity index is 1.95. The number of methoxy groups -OCH3 is 4. The van der Waals surface area contributed by atoms with Crippen molar-refractivity contribution in [2.75, 3.05) is 28.4 Å². The highest BCUT2D eigenvalue weighted by atomic mass is 16.5. The Bertz CT molecular complexity index is 1650. The number of para-hydroxylation sites is 2. The summed E-state index contributed by atoms with van der Waals surface area (Å²) in [7, 11) is 6.64. The van der Waals surface area contributed by atoms with Crippen molar-refractivity contribution in [3.8, 4) is 45.3 Å². The number of aromatic nitrogens is 2. The lowest BCUT2D eigenvalue weighted by atomic mass is 9.94. The summed E-state index contributed by atoms with van der Waals surface area (Å²) in [6.45, 7) is 16.7. The van der Waals surface area contributed by atoms with Crippen LogP contribution < -0.4 is 18.9 Å². The van der Waals surface area contributed by atoms with E-state index in [1.807, 2.05) is 36.4 Å². The van der Waals surface area contributed by atoms with Gasteiger partial charge in [-0.15, -0.1) is 13.2 Å². The van der Waals surface area contributed by atoms with Crippen molar-refractivity contribution in [2.24, 2.45) is 0 Å². The van der Waals surface area contributed by atoms with E-state index in [0.29, 0.717) is 23.0 Å². The molecule has 0 radical (unpaired) electrons. The average molecular weight is 565 g/mol. The first kappa shape index (κ1) is 28.9. The molecular weight excluding hydrogens is 524 g/mol. The SMILES string of the molecule is C=CC(C)(C)n1cc(-c2c(OC)c(OC)c(-c3cn(C(C)(C)C=C)c4ccccc34)c(OC)c2OC)c2ccccc21. The van der Waals surface area contributed by atoms with Crippen LogP contribution in [0.4, 0.5) is 0 Å². The smallest absolute Gasteiger partial charge is 0.173 e. The zero-order valence-electron chi connectivity index (χ0n) is 25.9. The monoisotopic (exact) mass is 564 g/mol. The molecule has 2 heterocycles. The van der Waals surface area contributed by atoms with Crippen LogP contribution in [0.1, 0.15) is 27.7 Å². The van der Waals surface area contributed by atoms with Crippen LogP contribution in [0.2, 0.25) is 0 Å². The molecule has 0 spiro atoms. The minimum atomic E-state index is -0.341. The van der Waals surface area contributed by atoms with Gasteiger partial charge in [0.15, 0.2) is 23.0 Å². The summed E-state index contributed by atoms with van der Waals surface area (Å²) in [5.41, 5.74) is 4.83. The molecule has 0 unspecified atom stereocenters. The molecule has 0 saturated carbocycles. The number of rotatable bonds is 10. The fourth-order valence-corrected chi connectivity index (χ4v) is 5.84. The van der Waals surface area contributed by atoms with Gasteiger partial charge < -0.3 is 28.1 Å². The highest BCUT2D eigenvalue weighted by Gasteiger charge is 2.33. The Hall–Kier alpha value is -4.58. The fourth-order valence-electron chi connectivity index (χ4n) is 5.84. The molecule has 6 nitrogen and oxygen atoms in total. The summed E-state index contributed by atoms with van der Waals surface area (Å²) in [5.74, 6) is 2.24. The van der Waals surface area contributed by atoms with E-state index < -0.39 is 0 Å². The van der Waals surface area contributed by atoms with Gasteiger partial charge in [0.2, 0.25) is 0 Å². The van der Waals surface area contributed by atoms with Crippen molar-refractivity contribution in [3.63, 3.8) is 0 Å². The molecule has 3 aromatic carbocycles. The van der Waals surface area contributed by atoms with Crippen molar-refractivity contribution >= 4 is 21.8 Å². The van der Waals surface area contributed by atoms with Crippen molar-refractivity contribution in [3.05, 3.63) is 86.2 Å². The number of nitrogens with zero attached hydrogens (tertiary/aromatic N) is 2. The predicted octanol–water partition coefficient (Wildman–Crippen LogP) is 8.81. The first-order valence-corrected chi connectivity index (χ1v) is 14.0. The summed E-state index contributed by atoms with van der Waals surface area (Å²) in [6, 6.07) is 16.6. The minimum absolute atomic E-state index is 0.341. The summed E-state index contributed by atoms with van der Waals surface area (Å²) in [4.78, 5) is 0. The lowest BCUT2D eigenvalue weighted by Gasteiger charge is -2.25. The van der Waals surface area contributed by atoms with E-state index in [1.165, 1.54) is 0 Å². The average Bonchev–Trinajstić information content (AvgIpc) is 3.59. The minimum Gasteiger partial charge on any atom is -0.492 e. The molecule has 5 rings (SSSR count). The molecule has 0 atom stereocenters. The molecule has 6 heteroatoms. The summed E-state index contributed by atoms with van der Waals surface area (Å²) in [5, 5.41) is 2.09. The maximum atomic E-state index is 6.19. The number of hydrogen-bond donors (Lipinski definition) is 0. The normalized spacial score (nSPS) is 12.0. The predicted molar refractivity (Wildman–Crippen MR) is 174 cm³/mol. The molecule has 0 N–H and O–H groups in total. The number of allylic oxidation sites excluding steroid dienone is 2. The second-order valence-corrected chi connectivity index (χ2v) is 11.5. The van der Waals surface area contributed by atoms with Gasteiger partial charge in [0.25, 0.3) is 0 Å². The van der Waals surface area contributed by atoms with Gasteiger partial charge in [-0.05, 0) is 39.8 Å². The molecule has 0 saturated heterocycles. The molecule has 42 heavy (non-hydrogen) atoms. The van der Waals surface area contributed by atoms with Gasteiger partial charge in [0, 0.05) is 45.3 Å². The lowest BCUT2D eigenvalue weighted by molar-refractivity contribution is 0.333. The van der Waals surface area contributed by atoms with Gasteiger partial charge in [-0.25, -0.2) is 0 Å². The second kappa shape index (κ2) is 10.7. The van der Waals surface area contributed by atoms with E-state index in [2.05, 4.69) is 86.6 Å². The zero-order valence-corrected chi connectivity index (χ0v) is 25.9. The van der Waals surface area contributed by atoms with Gasteiger partial charge in [-0.1, -0.05) is 48.6 Å². The summed E-state index contributed by atoms with van der Waals surface area (Å²) >= 11 is 0. The van der Waals surface area contributed by atoms with E-state index in [-0.39, 0.29) is 11.1 Å². The van der Waals surface area contributed by atoms with E-state index in [4.69, 9.17) is 18.9 Å². The van der Waals surface area contributed by atoms with Crippen LogP contribution in [0.5, 0.6) is 23.0 Å². The van der Waals surface area contributed by atoms with Crippen LogP contribution >= 0.6 is 0 Å². The highest BCUT2D eigenvalue weighted by molar-refractivity contribution is 6.06. The van der Waals surface area contributed by atoms with E-state index in [9.17, 15) is 0 Å². The Kier molecular flexibility index (Phi) is 7.35. The molecular formula is C36H40N2O4. The number of benzene rings is 3. The lowest BCUT2D eigenvalue weighted by Crippen LogP contribution is -2.21. The van der Waals surface area contributed by atoms with Gasteiger partial charge in [-0.3, -0.25) is 0 Å². The molecule has 0 amide bonds. The molecule has 0 aliphatic heterocycles. The molecule has 0 aliphatic rings. The Labute approximate surface area is 248 Å². The van der Waals surface area contributed by atoms with Crippen LogP contribution in [-0.4, -0.2) is 37.6 Å². The summed E-state index contributed by atoms with van der Waals surface area (Å²) in [6.07, 6.45) is 8.15. The van der Waals surface area contributed by atoms with Gasteiger partial charge in [0.1, 0.15) is 0 Å². The largest absolute Gasteiger partial charge is 0.492 e. The van der Waals surface area contributed by atoms with Gasteiger partial charge in [-0.2, -0.15) is 0 Å². The molecule has 0 fully saturated rings. The van der Waals surface area contributed by atoms with Crippen molar-refractivity contribution in [2.45, 2.75) is 38.8 Å². The molecule has 0 bridgehead atoms. The van der Waals surface area contributed by atoms with E-state index in [0.717, 1.165) is 44.1 Å². The quantitative estimate of drug-likeness (QED) is 0.159. The third-order valence-corrected chi connectivity index (χ3v) is 8.34. The molecule has 5 aromatic rings. The molecule has 0 aliphatic carbocycles. The topological polar surface area (TPSA) is 46.8 Å². The van der Waals surface area contributed by atoms with E-state index in [1.54, 1.807) is 28.4 Å². The zero-order chi connectivity index (χ0) is 30.4. The third-order valence-electron chi connectivity index (χ3n) is 8.34. The maximum Gasteiger partial charge on any atom is 0.173 e.